The zero-order chi connectivity index (χ0) is 17.4. The lowest BCUT2D eigenvalue weighted by Gasteiger charge is -2.37. The molecule has 1 unspecified atom stereocenters. The number of benzene rings is 1. The molecule has 1 saturated heterocycles. The summed E-state index contributed by atoms with van der Waals surface area (Å²) in [7, 11) is 1.84. The van der Waals surface area contributed by atoms with Crippen molar-refractivity contribution in [2.45, 2.75) is 13.0 Å². The predicted molar refractivity (Wildman–Crippen MR) is 87.3 cm³/mol. The molecule has 0 bridgehead atoms. The van der Waals surface area contributed by atoms with E-state index in [0.717, 1.165) is 18.9 Å². The predicted octanol–water partition coefficient (Wildman–Crippen LogP) is 0.458. The van der Waals surface area contributed by atoms with Gasteiger partial charge in [0.1, 0.15) is 0 Å². The van der Waals surface area contributed by atoms with Gasteiger partial charge in [-0.15, -0.1) is 5.10 Å². The lowest BCUT2D eigenvalue weighted by molar-refractivity contribution is 0.0571. The van der Waals surface area contributed by atoms with Crippen LogP contribution in [0.4, 0.5) is 0 Å². The number of aromatic nitrogens is 4. The van der Waals surface area contributed by atoms with Gasteiger partial charge in [0.05, 0.1) is 6.04 Å². The normalized spacial score (nSPS) is 18.4. The molecule has 25 heavy (non-hydrogen) atoms. The van der Waals surface area contributed by atoms with Crippen molar-refractivity contribution in [3.63, 3.8) is 0 Å². The molecule has 2 aromatic rings. The summed E-state index contributed by atoms with van der Waals surface area (Å²) >= 11 is 0. The van der Waals surface area contributed by atoms with Crippen LogP contribution in [-0.4, -0.2) is 68.9 Å². The van der Waals surface area contributed by atoms with Gasteiger partial charge in [-0.05, 0) is 35.5 Å². The van der Waals surface area contributed by atoms with Crippen LogP contribution in [0.5, 0.6) is 11.5 Å². The van der Waals surface area contributed by atoms with Gasteiger partial charge >= 0.3 is 0 Å². The number of hydrogen-bond donors (Lipinski definition) is 0. The first-order valence-electron chi connectivity index (χ1n) is 8.28. The highest BCUT2D eigenvalue weighted by atomic mass is 16.7. The summed E-state index contributed by atoms with van der Waals surface area (Å²) in [5.41, 5.74) is 0.628. The van der Waals surface area contributed by atoms with Gasteiger partial charge in [0.2, 0.25) is 6.79 Å². The van der Waals surface area contributed by atoms with E-state index in [4.69, 9.17) is 9.47 Å². The van der Waals surface area contributed by atoms with Crippen LogP contribution in [0, 0.1) is 0 Å². The van der Waals surface area contributed by atoms with Gasteiger partial charge in [0.15, 0.2) is 17.3 Å². The zero-order valence-electron chi connectivity index (χ0n) is 14.3. The van der Waals surface area contributed by atoms with E-state index in [9.17, 15) is 4.79 Å². The highest BCUT2D eigenvalue weighted by molar-refractivity contribution is 5.95. The van der Waals surface area contributed by atoms with E-state index in [1.807, 2.05) is 11.9 Å². The summed E-state index contributed by atoms with van der Waals surface area (Å²) in [6.45, 7) is 5.20. The Morgan fingerprint density at radius 3 is 2.64 bits per heavy atom. The van der Waals surface area contributed by atoms with Crippen LogP contribution in [0.25, 0.3) is 0 Å². The molecule has 0 spiro atoms. The first-order valence-corrected chi connectivity index (χ1v) is 8.28. The maximum atomic E-state index is 12.7. The molecule has 1 aromatic heterocycles. The Labute approximate surface area is 145 Å². The molecule has 1 fully saturated rings. The first-order chi connectivity index (χ1) is 12.1. The van der Waals surface area contributed by atoms with Gasteiger partial charge in [0.25, 0.3) is 5.91 Å². The van der Waals surface area contributed by atoms with Crippen molar-refractivity contribution < 1.29 is 14.3 Å². The smallest absolute Gasteiger partial charge is 0.254 e. The average molecular weight is 344 g/mol. The molecule has 2 aliphatic rings. The van der Waals surface area contributed by atoms with Crippen LogP contribution in [0.3, 0.4) is 0 Å². The summed E-state index contributed by atoms with van der Waals surface area (Å²) in [4.78, 5) is 16.9. The molecule has 3 heterocycles. The van der Waals surface area contributed by atoms with Gasteiger partial charge in [0, 0.05) is 38.8 Å². The minimum Gasteiger partial charge on any atom is -0.454 e. The maximum Gasteiger partial charge on any atom is 0.254 e. The zero-order valence-corrected chi connectivity index (χ0v) is 14.3. The molecule has 2 aliphatic heterocycles. The van der Waals surface area contributed by atoms with Crippen LogP contribution in [-0.2, 0) is 7.05 Å². The Morgan fingerprint density at radius 2 is 1.92 bits per heavy atom. The Balaban J connectivity index is 1.40. The fraction of sp³-hybridized carbons (Fsp3) is 0.500. The van der Waals surface area contributed by atoms with Gasteiger partial charge in [-0.25, -0.2) is 4.68 Å². The molecule has 0 N–H and O–H groups in total. The van der Waals surface area contributed by atoms with Crippen LogP contribution in [0.15, 0.2) is 18.2 Å². The number of nitrogens with zero attached hydrogens (tertiary/aromatic N) is 6. The van der Waals surface area contributed by atoms with E-state index in [1.165, 1.54) is 0 Å². The van der Waals surface area contributed by atoms with Crippen LogP contribution < -0.4 is 9.47 Å². The highest BCUT2D eigenvalue weighted by Crippen LogP contribution is 2.33. The number of aryl methyl sites for hydroxylation is 1. The van der Waals surface area contributed by atoms with Crippen LogP contribution >= 0.6 is 0 Å². The van der Waals surface area contributed by atoms with Crippen molar-refractivity contribution in [1.82, 2.24) is 30.0 Å². The number of carbonyl (C=O) groups is 1. The Hall–Kier alpha value is -2.68. The number of tetrazole rings is 1. The van der Waals surface area contributed by atoms with E-state index < -0.39 is 0 Å². The number of hydrogen-bond acceptors (Lipinski definition) is 7. The van der Waals surface area contributed by atoms with E-state index in [1.54, 1.807) is 22.9 Å². The monoisotopic (exact) mass is 344 g/mol. The molecule has 1 atom stereocenters. The van der Waals surface area contributed by atoms with Crippen molar-refractivity contribution in [2.24, 2.45) is 7.05 Å². The Morgan fingerprint density at radius 1 is 1.16 bits per heavy atom. The molecule has 1 aromatic carbocycles. The first kappa shape index (κ1) is 15.8. The molecule has 132 valence electrons. The molecule has 1 amide bonds. The Kier molecular flexibility index (Phi) is 4.00. The molecular weight excluding hydrogens is 324 g/mol. The molecule has 0 aliphatic carbocycles. The van der Waals surface area contributed by atoms with Gasteiger partial charge in [-0.3, -0.25) is 9.69 Å². The summed E-state index contributed by atoms with van der Waals surface area (Å²) in [6, 6.07) is 5.44. The van der Waals surface area contributed by atoms with E-state index in [-0.39, 0.29) is 18.7 Å². The third-order valence-electron chi connectivity index (χ3n) is 4.80. The van der Waals surface area contributed by atoms with Crippen LogP contribution in [0.2, 0.25) is 0 Å². The number of ether oxygens (including phenoxy) is 2. The third-order valence-corrected chi connectivity index (χ3v) is 4.80. The van der Waals surface area contributed by atoms with Gasteiger partial charge in [-0.1, -0.05) is 0 Å². The molecule has 4 rings (SSSR count). The minimum absolute atomic E-state index is 0.0194. The van der Waals surface area contributed by atoms with E-state index >= 15 is 0 Å². The van der Waals surface area contributed by atoms with Crippen molar-refractivity contribution >= 4 is 5.91 Å². The minimum atomic E-state index is 0.0194. The van der Waals surface area contributed by atoms with E-state index in [0.29, 0.717) is 30.2 Å². The standard InChI is InChI=1S/C16H20N6O3/c1-11(15-17-18-19-20(15)2)21-5-7-22(8-6-21)16(23)12-3-4-13-14(9-12)25-10-24-13/h3-4,9,11H,5-8,10H2,1-2H3. The second kappa shape index (κ2) is 6.32. The highest BCUT2D eigenvalue weighted by Gasteiger charge is 2.28. The molecule has 0 radical (unpaired) electrons. The number of rotatable bonds is 3. The number of fused-ring (bicyclic) bond motifs is 1. The summed E-state index contributed by atoms with van der Waals surface area (Å²) in [5.74, 6) is 2.17. The SMILES string of the molecule is CC(c1nnnn1C)N1CCN(C(=O)c2ccc3c(c2)OCO3)CC1. The Bertz CT molecular complexity index is 784. The fourth-order valence-corrected chi connectivity index (χ4v) is 3.28. The van der Waals surface area contributed by atoms with Crippen molar-refractivity contribution in [3.8, 4) is 11.5 Å². The topological polar surface area (TPSA) is 85.6 Å². The quantitative estimate of drug-likeness (QED) is 0.799. The lowest BCUT2D eigenvalue weighted by Crippen LogP contribution is -2.49. The molecule has 9 heteroatoms. The summed E-state index contributed by atoms with van der Waals surface area (Å²) < 4.78 is 12.3. The number of piperazine rings is 1. The average Bonchev–Trinajstić information content (AvgIpc) is 3.28. The van der Waals surface area contributed by atoms with Gasteiger partial charge in [-0.2, -0.15) is 0 Å². The van der Waals surface area contributed by atoms with E-state index in [2.05, 4.69) is 27.3 Å². The second-order valence-corrected chi connectivity index (χ2v) is 6.23. The second-order valence-electron chi connectivity index (χ2n) is 6.23. The molecule has 9 nitrogen and oxygen atoms in total. The molecular formula is C16H20N6O3. The largest absolute Gasteiger partial charge is 0.454 e. The number of amides is 1. The lowest BCUT2D eigenvalue weighted by atomic mass is 10.1. The van der Waals surface area contributed by atoms with Gasteiger partial charge < -0.3 is 14.4 Å². The summed E-state index contributed by atoms with van der Waals surface area (Å²) in [6.07, 6.45) is 0. The maximum absolute atomic E-state index is 12.7. The van der Waals surface area contributed by atoms with Crippen molar-refractivity contribution in [1.29, 1.82) is 0 Å². The van der Waals surface area contributed by atoms with Crippen molar-refractivity contribution in [2.75, 3.05) is 33.0 Å². The summed E-state index contributed by atoms with van der Waals surface area (Å²) in [5, 5.41) is 11.7. The molecule has 0 saturated carbocycles. The van der Waals surface area contributed by atoms with Crippen LogP contribution in [0.1, 0.15) is 29.1 Å². The fourth-order valence-electron chi connectivity index (χ4n) is 3.28. The number of carbonyl (C=O) groups excluding carboxylic acids is 1. The van der Waals surface area contributed by atoms with Crippen molar-refractivity contribution in [3.05, 3.63) is 29.6 Å². The third kappa shape index (κ3) is 2.91.